The maximum absolute atomic E-state index is 5.49. The van der Waals surface area contributed by atoms with Crippen LogP contribution >= 0.6 is 35.3 Å². The van der Waals surface area contributed by atoms with Gasteiger partial charge in [0, 0.05) is 10.9 Å². The molecule has 2 fully saturated rings. The van der Waals surface area contributed by atoms with E-state index in [2.05, 4.69) is 27.3 Å². The lowest BCUT2D eigenvalue weighted by atomic mass is 10.2. The molecule has 18 heavy (non-hydrogen) atoms. The largest absolute Gasteiger partial charge is 0.339 e. The Labute approximate surface area is 122 Å². The van der Waals surface area contributed by atoms with Gasteiger partial charge in [-0.2, -0.15) is 0 Å². The molecule has 98 valence electrons. The molecule has 1 aromatic rings. The lowest BCUT2D eigenvalue weighted by molar-refractivity contribution is 0.156. The SMILES string of the molecule is S=C1SCN(C2CCCC2)CN1Cc1cccs1. The van der Waals surface area contributed by atoms with Crippen LogP contribution in [0.15, 0.2) is 17.5 Å². The van der Waals surface area contributed by atoms with Crippen molar-refractivity contribution in [2.45, 2.75) is 38.3 Å². The van der Waals surface area contributed by atoms with Crippen molar-refractivity contribution in [3.05, 3.63) is 22.4 Å². The molecule has 1 aromatic heterocycles. The molecule has 2 heterocycles. The molecule has 1 aliphatic carbocycles. The summed E-state index contributed by atoms with van der Waals surface area (Å²) in [6, 6.07) is 5.12. The monoisotopic (exact) mass is 298 g/mol. The molecule has 1 saturated carbocycles. The summed E-state index contributed by atoms with van der Waals surface area (Å²) in [7, 11) is 0. The molecule has 0 radical (unpaired) electrons. The first-order valence-electron chi connectivity index (χ1n) is 6.51. The van der Waals surface area contributed by atoms with Crippen molar-refractivity contribution >= 4 is 39.6 Å². The molecule has 0 spiro atoms. The molecule has 1 aliphatic heterocycles. The fourth-order valence-corrected chi connectivity index (χ4v) is 4.62. The second-order valence-corrected chi connectivity index (χ2v) is 7.60. The molecule has 2 aliphatic rings. The third kappa shape index (κ3) is 2.90. The average Bonchev–Trinajstić information content (AvgIpc) is 3.04. The van der Waals surface area contributed by atoms with Crippen molar-refractivity contribution < 1.29 is 0 Å². The topological polar surface area (TPSA) is 6.48 Å². The van der Waals surface area contributed by atoms with Crippen LogP contribution in [-0.2, 0) is 6.54 Å². The molecular weight excluding hydrogens is 280 g/mol. The van der Waals surface area contributed by atoms with Gasteiger partial charge in [0.15, 0.2) is 0 Å². The highest BCUT2D eigenvalue weighted by molar-refractivity contribution is 8.22. The van der Waals surface area contributed by atoms with Gasteiger partial charge in [-0.25, -0.2) is 0 Å². The molecule has 2 nitrogen and oxygen atoms in total. The van der Waals surface area contributed by atoms with Gasteiger partial charge < -0.3 is 4.90 Å². The summed E-state index contributed by atoms with van der Waals surface area (Å²) in [5, 5.41) is 2.14. The van der Waals surface area contributed by atoms with Crippen LogP contribution < -0.4 is 0 Å². The maximum atomic E-state index is 5.49. The standard InChI is InChI=1S/C13H18N2S3/c16-13-14(8-12-6-3-7-17-12)9-15(10-18-13)11-4-1-2-5-11/h3,6-7,11H,1-2,4-5,8-10H2. The van der Waals surface area contributed by atoms with Crippen molar-refractivity contribution in [2.75, 3.05) is 12.5 Å². The van der Waals surface area contributed by atoms with E-state index in [-0.39, 0.29) is 0 Å². The van der Waals surface area contributed by atoms with Gasteiger partial charge in [0.05, 0.1) is 19.1 Å². The third-order valence-electron chi connectivity index (χ3n) is 3.73. The number of thiophene rings is 1. The Kier molecular flexibility index (Phi) is 4.23. The number of thioether (sulfide) groups is 1. The summed E-state index contributed by atoms with van der Waals surface area (Å²) in [5.74, 6) is 1.09. The number of thiocarbonyl (C=S) groups is 1. The number of nitrogens with zero attached hydrogens (tertiary/aromatic N) is 2. The Morgan fingerprint density at radius 3 is 2.89 bits per heavy atom. The molecule has 0 atom stereocenters. The van der Waals surface area contributed by atoms with E-state index in [1.54, 1.807) is 0 Å². The van der Waals surface area contributed by atoms with Crippen molar-refractivity contribution in [3.8, 4) is 0 Å². The summed E-state index contributed by atoms with van der Waals surface area (Å²) in [5.41, 5.74) is 0. The summed E-state index contributed by atoms with van der Waals surface area (Å²) in [4.78, 5) is 6.38. The first-order chi connectivity index (χ1) is 8.83. The van der Waals surface area contributed by atoms with Gasteiger partial charge in [-0.05, 0) is 24.3 Å². The van der Waals surface area contributed by atoms with E-state index in [9.17, 15) is 0 Å². The normalized spacial score (nSPS) is 22.9. The van der Waals surface area contributed by atoms with Crippen LogP contribution in [0.4, 0.5) is 0 Å². The van der Waals surface area contributed by atoms with Crippen molar-refractivity contribution in [1.29, 1.82) is 0 Å². The van der Waals surface area contributed by atoms with Crippen molar-refractivity contribution in [2.24, 2.45) is 0 Å². The zero-order chi connectivity index (χ0) is 12.4. The van der Waals surface area contributed by atoms with Gasteiger partial charge in [0.2, 0.25) is 0 Å². The molecule has 0 N–H and O–H groups in total. The second-order valence-electron chi connectivity index (χ2n) is 4.99. The minimum atomic E-state index is 0.798. The molecule has 1 saturated heterocycles. The summed E-state index contributed by atoms with van der Waals surface area (Å²) in [6.45, 7) is 2.00. The average molecular weight is 299 g/mol. The Hall–Kier alpha value is -0.100. The first kappa shape index (κ1) is 12.9. The quantitative estimate of drug-likeness (QED) is 0.784. The molecule has 3 rings (SSSR count). The van der Waals surface area contributed by atoms with Gasteiger partial charge in [0.1, 0.15) is 4.32 Å². The maximum Gasteiger partial charge on any atom is 0.139 e. The van der Waals surface area contributed by atoms with Gasteiger partial charge in [-0.1, -0.05) is 42.9 Å². The fraction of sp³-hybridized carbons (Fsp3) is 0.615. The van der Waals surface area contributed by atoms with Crippen LogP contribution in [0.2, 0.25) is 0 Å². The van der Waals surface area contributed by atoms with E-state index >= 15 is 0 Å². The molecule has 0 aromatic carbocycles. The van der Waals surface area contributed by atoms with Crippen molar-refractivity contribution in [3.63, 3.8) is 0 Å². The zero-order valence-electron chi connectivity index (χ0n) is 10.4. The highest BCUT2D eigenvalue weighted by Crippen LogP contribution is 2.29. The fourth-order valence-electron chi connectivity index (χ4n) is 2.74. The van der Waals surface area contributed by atoms with Gasteiger partial charge in [0.25, 0.3) is 0 Å². The smallest absolute Gasteiger partial charge is 0.139 e. The second kappa shape index (κ2) is 5.90. The van der Waals surface area contributed by atoms with E-state index in [0.29, 0.717) is 0 Å². The Morgan fingerprint density at radius 2 is 2.17 bits per heavy atom. The highest BCUT2D eigenvalue weighted by Gasteiger charge is 2.29. The van der Waals surface area contributed by atoms with Crippen LogP contribution in [0.25, 0.3) is 0 Å². The third-order valence-corrected chi connectivity index (χ3v) is 6.17. The Bertz CT molecular complexity index is 398. The van der Waals surface area contributed by atoms with Crippen LogP contribution in [-0.4, -0.2) is 32.7 Å². The zero-order valence-corrected chi connectivity index (χ0v) is 12.8. The van der Waals surface area contributed by atoms with Gasteiger partial charge >= 0.3 is 0 Å². The number of hydrogen-bond acceptors (Lipinski definition) is 4. The number of rotatable bonds is 3. The van der Waals surface area contributed by atoms with Crippen LogP contribution in [0.1, 0.15) is 30.6 Å². The molecule has 5 heteroatoms. The lowest BCUT2D eigenvalue weighted by Crippen LogP contribution is -2.47. The summed E-state index contributed by atoms with van der Waals surface area (Å²) in [6.07, 6.45) is 5.56. The predicted molar refractivity (Wildman–Crippen MR) is 83.9 cm³/mol. The minimum Gasteiger partial charge on any atom is -0.339 e. The van der Waals surface area contributed by atoms with E-state index in [1.165, 1.54) is 30.6 Å². The Morgan fingerprint density at radius 1 is 1.33 bits per heavy atom. The number of hydrogen-bond donors (Lipinski definition) is 0. The van der Waals surface area contributed by atoms with E-state index in [0.717, 1.165) is 29.5 Å². The minimum absolute atomic E-state index is 0.798. The molecule has 0 amide bonds. The lowest BCUT2D eigenvalue weighted by Gasteiger charge is -2.39. The van der Waals surface area contributed by atoms with Crippen LogP contribution in [0.3, 0.4) is 0 Å². The molecule has 0 bridgehead atoms. The van der Waals surface area contributed by atoms with Crippen molar-refractivity contribution in [1.82, 2.24) is 9.80 Å². The molecular formula is C13H18N2S3. The summed E-state index contributed by atoms with van der Waals surface area (Å²) >= 11 is 9.15. The summed E-state index contributed by atoms with van der Waals surface area (Å²) < 4.78 is 1.07. The van der Waals surface area contributed by atoms with Crippen LogP contribution in [0.5, 0.6) is 0 Å². The van der Waals surface area contributed by atoms with E-state index in [4.69, 9.17) is 12.2 Å². The van der Waals surface area contributed by atoms with E-state index < -0.39 is 0 Å². The van der Waals surface area contributed by atoms with Gasteiger partial charge in [-0.3, -0.25) is 4.90 Å². The molecule has 0 unspecified atom stereocenters. The first-order valence-corrected chi connectivity index (χ1v) is 8.78. The van der Waals surface area contributed by atoms with Crippen LogP contribution in [0, 0.1) is 0 Å². The van der Waals surface area contributed by atoms with E-state index in [1.807, 2.05) is 23.1 Å². The highest BCUT2D eigenvalue weighted by atomic mass is 32.2. The predicted octanol–water partition coefficient (Wildman–Crippen LogP) is 3.74. The van der Waals surface area contributed by atoms with Gasteiger partial charge in [-0.15, -0.1) is 11.3 Å². The Balaban J connectivity index is 1.63.